The standard InChI is InChI=1S/C28H18F4N4O3S/c1-15-34-25(28(30,31)32)14-36(15)24-9-7-18(17-4-3-5-21(11-17)40(37)38)12-22(24)26-27(39-16(2)35-26)19-6-8-23(29)20(10-19)13-33/h3-12,14H,1-2H3,(H,37,38). The number of aromatic nitrogens is 3. The molecule has 5 rings (SSSR count). The number of nitrogens with zero attached hydrogens (tertiary/aromatic N) is 4. The highest BCUT2D eigenvalue weighted by molar-refractivity contribution is 7.79. The average Bonchev–Trinajstić information content (AvgIpc) is 3.51. The smallest absolute Gasteiger partial charge is 0.434 e. The van der Waals surface area contributed by atoms with Crippen LogP contribution in [-0.4, -0.2) is 23.3 Å². The lowest BCUT2D eigenvalue weighted by Gasteiger charge is -2.14. The minimum Gasteiger partial charge on any atom is -0.440 e. The SMILES string of the molecule is Cc1nc(-c2cc(-c3cccc(S(=O)O)c3)ccc2-n2cc(C(F)(F)F)nc2C)c(-c2ccc(F)c(C#N)c2)o1. The van der Waals surface area contributed by atoms with Gasteiger partial charge in [-0.05, 0) is 60.5 Å². The van der Waals surface area contributed by atoms with Crippen LogP contribution in [0.15, 0.2) is 76.2 Å². The van der Waals surface area contributed by atoms with Crippen LogP contribution < -0.4 is 0 Å². The van der Waals surface area contributed by atoms with Crippen molar-refractivity contribution in [2.45, 2.75) is 24.9 Å². The van der Waals surface area contributed by atoms with Gasteiger partial charge in [-0.2, -0.15) is 18.4 Å². The van der Waals surface area contributed by atoms with Crippen molar-refractivity contribution in [2.24, 2.45) is 0 Å². The minimum absolute atomic E-state index is 0.0642. The molecular weight excluding hydrogens is 548 g/mol. The van der Waals surface area contributed by atoms with Gasteiger partial charge in [0, 0.05) is 24.2 Å². The normalized spacial score (nSPS) is 12.3. The molecule has 12 heteroatoms. The van der Waals surface area contributed by atoms with E-state index in [0.29, 0.717) is 27.9 Å². The molecule has 1 N–H and O–H groups in total. The summed E-state index contributed by atoms with van der Waals surface area (Å²) < 4.78 is 82.9. The molecule has 0 aliphatic carbocycles. The molecule has 1 unspecified atom stereocenters. The van der Waals surface area contributed by atoms with Crippen molar-refractivity contribution >= 4 is 11.1 Å². The molecule has 0 radical (unpaired) electrons. The summed E-state index contributed by atoms with van der Waals surface area (Å²) in [5, 5.41) is 9.32. The molecule has 0 saturated carbocycles. The van der Waals surface area contributed by atoms with E-state index in [1.165, 1.54) is 35.8 Å². The largest absolute Gasteiger partial charge is 0.440 e. The van der Waals surface area contributed by atoms with E-state index >= 15 is 0 Å². The van der Waals surface area contributed by atoms with Gasteiger partial charge >= 0.3 is 6.18 Å². The fourth-order valence-corrected chi connectivity index (χ4v) is 4.73. The van der Waals surface area contributed by atoms with Crippen molar-refractivity contribution < 1.29 is 30.7 Å². The van der Waals surface area contributed by atoms with Crippen LogP contribution in [0.3, 0.4) is 0 Å². The van der Waals surface area contributed by atoms with Gasteiger partial charge in [-0.15, -0.1) is 0 Å². The van der Waals surface area contributed by atoms with E-state index < -0.39 is 28.8 Å². The fourth-order valence-electron chi connectivity index (χ4n) is 4.31. The molecule has 3 aromatic carbocycles. The third-order valence-electron chi connectivity index (χ3n) is 6.14. The van der Waals surface area contributed by atoms with Crippen molar-refractivity contribution in [3.05, 3.63) is 95.7 Å². The quantitative estimate of drug-likeness (QED) is 0.180. The predicted molar refractivity (Wildman–Crippen MR) is 138 cm³/mol. The number of imidazole rings is 1. The third kappa shape index (κ3) is 5.04. The highest BCUT2D eigenvalue weighted by Crippen LogP contribution is 2.40. The molecule has 0 spiro atoms. The number of nitriles is 1. The summed E-state index contributed by atoms with van der Waals surface area (Å²) in [6.07, 6.45) is -3.80. The fraction of sp³-hybridized carbons (Fsp3) is 0.107. The van der Waals surface area contributed by atoms with Crippen molar-refractivity contribution in [3.63, 3.8) is 0 Å². The zero-order chi connectivity index (χ0) is 28.8. The molecule has 0 fully saturated rings. The number of oxazole rings is 1. The maximum Gasteiger partial charge on any atom is 0.434 e. The molecule has 0 bridgehead atoms. The summed E-state index contributed by atoms with van der Waals surface area (Å²) in [6, 6.07) is 16.8. The molecule has 0 saturated heterocycles. The van der Waals surface area contributed by atoms with Crippen LogP contribution in [0.25, 0.3) is 39.4 Å². The lowest BCUT2D eigenvalue weighted by Crippen LogP contribution is -2.05. The summed E-state index contributed by atoms with van der Waals surface area (Å²) >= 11 is -2.23. The zero-order valence-corrected chi connectivity index (χ0v) is 21.6. The van der Waals surface area contributed by atoms with Crippen LogP contribution >= 0.6 is 0 Å². The maximum absolute atomic E-state index is 14.1. The number of hydrogen-bond acceptors (Lipinski definition) is 5. The van der Waals surface area contributed by atoms with E-state index in [1.807, 2.05) is 0 Å². The molecular formula is C28H18F4N4O3S. The average molecular weight is 567 g/mol. The van der Waals surface area contributed by atoms with Gasteiger partial charge in [0.2, 0.25) is 0 Å². The number of hydrogen-bond donors (Lipinski definition) is 1. The van der Waals surface area contributed by atoms with Crippen LogP contribution in [-0.2, 0) is 17.3 Å². The highest BCUT2D eigenvalue weighted by Gasteiger charge is 2.35. The Labute approximate surface area is 227 Å². The van der Waals surface area contributed by atoms with E-state index in [4.69, 9.17) is 4.42 Å². The van der Waals surface area contributed by atoms with Gasteiger partial charge in [0.25, 0.3) is 0 Å². The van der Waals surface area contributed by atoms with Crippen molar-refractivity contribution in [1.29, 1.82) is 5.26 Å². The summed E-state index contributed by atoms with van der Waals surface area (Å²) in [5.74, 6) is -0.262. The summed E-state index contributed by atoms with van der Waals surface area (Å²) in [7, 11) is 0. The topological polar surface area (TPSA) is 105 Å². The zero-order valence-electron chi connectivity index (χ0n) is 20.8. The van der Waals surface area contributed by atoms with Gasteiger partial charge in [-0.25, -0.2) is 18.6 Å². The Morgan fingerprint density at radius 2 is 1.73 bits per heavy atom. The molecule has 0 aliphatic rings. The monoisotopic (exact) mass is 566 g/mol. The summed E-state index contributed by atoms with van der Waals surface area (Å²) in [4.78, 5) is 8.34. The summed E-state index contributed by atoms with van der Waals surface area (Å²) in [5.41, 5.74) is 1.05. The number of benzene rings is 3. The Morgan fingerprint density at radius 1 is 1.00 bits per heavy atom. The molecule has 40 heavy (non-hydrogen) atoms. The van der Waals surface area contributed by atoms with Crippen molar-refractivity contribution in [2.75, 3.05) is 0 Å². The second kappa shape index (κ2) is 10.2. The number of alkyl halides is 3. The van der Waals surface area contributed by atoms with Crippen LogP contribution in [0.2, 0.25) is 0 Å². The van der Waals surface area contributed by atoms with Gasteiger partial charge in [-0.1, -0.05) is 18.2 Å². The molecule has 202 valence electrons. The highest BCUT2D eigenvalue weighted by atomic mass is 32.2. The molecule has 0 aliphatic heterocycles. The Morgan fingerprint density at radius 3 is 2.40 bits per heavy atom. The van der Waals surface area contributed by atoms with E-state index in [2.05, 4.69) is 9.97 Å². The Bertz CT molecular complexity index is 1840. The van der Waals surface area contributed by atoms with Crippen molar-refractivity contribution in [1.82, 2.24) is 14.5 Å². The molecule has 2 aromatic heterocycles. The van der Waals surface area contributed by atoms with E-state index in [0.717, 1.165) is 12.3 Å². The van der Waals surface area contributed by atoms with Gasteiger partial charge < -0.3 is 13.5 Å². The van der Waals surface area contributed by atoms with Crippen LogP contribution in [0.5, 0.6) is 0 Å². The molecule has 1 atom stereocenters. The lowest BCUT2D eigenvalue weighted by molar-refractivity contribution is -0.141. The van der Waals surface area contributed by atoms with Gasteiger partial charge in [0.05, 0.1) is 16.1 Å². The van der Waals surface area contributed by atoms with Crippen LogP contribution in [0.4, 0.5) is 17.6 Å². The van der Waals surface area contributed by atoms with Crippen LogP contribution in [0, 0.1) is 31.0 Å². The van der Waals surface area contributed by atoms with Crippen LogP contribution in [0.1, 0.15) is 23.0 Å². The van der Waals surface area contributed by atoms with Crippen molar-refractivity contribution in [3.8, 4) is 45.5 Å². The third-order valence-corrected chi connectivity index (χ3v) is 6.79. The first kappa shape index (κ1) is 27.0. The Balaban J connectivity index is 1.78. The molecule has 5 aromatic rings. The molecule has 0 amide bonds. The van der Waals surface area contributed by atoms with E-state index in [-0.39, 0.29) is 33.6 Å². The molecule has 2 heterocycles. The van der Waals surface area contributed by atoms with E-state index in [1.54, 1.807) is 43.3 Å². The lowest BCUT2D eigenvalue weighted by atomic mass is 9.97. The molecule has 7 nitrogen and oxygen atoms in total. The summed E-state index contributed by atoms with van der Waals surface area (Å²) in [6.45, 7) is 3.01. The first-order chi connectivity index (χ1) is 19.0. The number of halogens is 4. The second-order valence-electron chi connectivity index (χ2n) is 8.77. The maximum atomic E-state index is 14.1. The minimum atomic E-state index is -4.67. The second-order valence-corrected chi connectivity index (χ2v) is 9.74. The van der Waals surface area contributed by atoms with Gasteiger partial charge in [0.1, 0.15) is 23.4 Å². The predicted octanol–water partition coefficient (Wildman–Crippen LogP) is 7.09. The first-order valence-corrected chi connectivity index (χ1v) is 12.7. The van der Waals surface area contributed by atoms with E-state index in [9.17, 15) is 31.6 Å². The number of aryl methyl sites for hydroxylation is 2. The van der Waals surface area contributed by atoms with Gasteiger partial charge in [-0.3, -0.25) is 0 Å². The first-order valence-electron chi connectivity index (χ1n) is 11.6. The Kier molecular flexibility index (Phi) is 6.87. The van der Waals surface area contributed by atoms with Gasteiger partial charge in [0.15, 0.2) is 28.4 Å². The number of rotatable bonds is 5. The Hall–Kier alpha value is -4.60.